The topological polar surface area (TPSA) is 31.4 Å². The Labute approximate surface area is 541 Å². The average Bonchev–Trinajstić information content (AvgIpc) is 2.87. The molecule has 0 fully saturated rings. The fourth-order valence-corrected chi connectivity index (χ4v) is 11.4. The third-order valence-corrected chi connectivity index (χ3v) is 18.3. The van der Waals surface area contributed by atoms with E-state index in [4.69, 9.17) is 9.47 Å². The molecule has 2 heterocycles. The van der Waals surface area contributed by atoms with Crippen molar-refractivity contribution in [1.29, 1.82) is 0 Å². The lowest BCUT2D eigenvalue weighted by Crippen LogP contribution is -2.12. The molecule has 1 aromatic heterocycles. The molecule has 6 atom stereocenters. The molecule has 0 bridgehead atoms. The number of nitrogens with zero attached hydrogens (tertiary/aromatic N) is 1. The predicted octanol–water partition coefficient (Wildman–Crippen LogP) is 24.7. The quantitative estimate of drug-likeness (QED) is 0.102. The maximum atomic E-state index is 5.73. The maximum absolute atomic E-state index is 5.73. The van der Waals surface area contributed by atoms with Crippen molar-refractivity contribution in [1.82, 2.24) is 4.98 Å². The Hall–Kier alpha value is -5.77. The van der Waals surface area contributed by atoms with Crippen LogP contribution in [0.2, 0.25) is 0 Å². The first-order valence-electron chi connectivity index (χ1n) is 34.3. The number of para-hydroxylation sites is 1. The van der Waals surface area contributed by atoms with E-state index in [-0.39, 0.29) is 0 Å². The van der Waals surface area contributed by atoms with Crippen LogP contribution in [-0.4, -0.2) is 25.3 Å². The fourth-order valence-electron chi connectivity index (χ4n) is 11.4. The third kappa shape index (κ3) is 28.4. The Balaban J connectivity index is 0.000000269. The molecule has 3 heteroatoms. The van der Waals surface area contributed by atoms with E-state index < -0.39 is 0 Å². The van der Waals surface area contributed by atoms with Crippen LogP contribution in [0.3, 0.4) is 0 Å². The summed E-state index contributed by atoms with van der Waals surface area (Å²) in [6, 6.07) is 60.8. The Morgan fingerprint density at radius 1 is 0.420 bits per heavy atom. The second kappa shape index (κ2) is 41.5. The van der Waals surface area contributed by atoms with Gasteiger partial charge in [-0.3, -0.25) is 4.98 Å². The van der Waals surface area contributed by atoms with E-state index in [0.717, 1.165) is 60.7 Å². The van der Waals surface area contributed by atoms with E-state index in [9.17, 15) is 0 Å². The summed E-state index contributed by atoms with van der Waals surface area (Å²) < 4.78 is 11.0. The van der Waals surface area contributed by atoms with E-state index in [1.807, 2.05) is 13.0 Å². The predicted molar refractivity (Wildman–Crippen MR) is 387 cm³/mol. The minimum atomic E-state index is 0.514. The van der Waals surface area contributed by atoms with Gasteiger partial charge in [-0.25, -0.2) is 0 Å². The first kappa shape index (κ1) is 76.5. The van der Waals surface area contributed by atoms with Gasteiger partial charge in [0.25, 0.3) is 0 Å². The van der Waals surface area contributed by atoms with Crippen LogP contribution in [0.4, 0.5) is 0 Å². The Morgan fingerprint density at radius 3 is 1.31 bits per heavy atom. The summed E-state index contributed by atoms with van der Waals surface area (Å²) in [4.78, 5) is 4.41. The van der Waals surface area contributed by atoms with E-state index in [1.54, 1.807) is 18.2 Å². The maximum Gasteiger partial charge on any atom is 0.122 e. The van der Waals surface area contributed by atoms with E-state index in [1.165, 1.54) is 88.7 Å². The van der Waals surface area contributed by atoms with Crippen molar-refractivity contribution >= 4 is 0 Å². The van der Waals surface area contributed by atoms with Crippen LogP contribution in [0.1, 0.15) is 252 Å². The molecule has 0 N–H and O–H groups in total. The zero-order valence-corrected chi connectivity index (χ0v) is 59.8. The summed E-state index contributed by atoms with van der Waals surface area (Å²) in [6.45, 7) is 48.7. The normalized spacial score (nSPS) is 15.6. The standard InChI is InChI=1S/C14H20.C13H18O.C13H20O.2C12H18.C11H16.C10H15N/c1-11(2)13-9-5-3-7-12-8-4-6-10-14(12)13;1-10(2)11-7-5-9-14-13-8-4-3-6-12(11)13;1-10(2)13(9-14-4)12-7-5-11(3)6-8-12;2*1-9(2)11(4)12-7-5-10(3)6-8-12;1-9(2)10(3)11-7-5-4-6-8-11;1-8(2)7-10-6-4-5-9(3)11-10/h4,6,8,10-11,13H,3,5,7,9H2,1-2H3;3-4,6,8,10-11H,5,7,9H2,1-2H3;5-8,10,13H,9H2,1-4H3;2*5-9,11H,1-4H3;4-10H,1-3H3;4-6,8H,7H2,1-3H3/t13-;;13-;2*11-;10-;/m0.0100./s1. The molecule has 0 saturated heterocycles. The molecular weight excluding hydrogens is 1070 g/mol. The molecule has 6 aromatic carbocycles. The van der Waals surface area contributed by atoms with Gasteiger partial charge in [0.1, 0.15) is 5.75 Å². The second-order valence-corrected chi connectivity index (χ2v) is 28.1. The molecule has 0 saturated carbocycles. The van der Waals surface area contributed by atoms with Gasteiger partial charge >= 0.3 is 0 Å². The number of pyridine rings is 1. The molecule has 2 aliphatic rings. The molecule has 0 amide bonds. The number of hydrogen-bond donors (Lipinski definition) is 0. The molecule has 0 radical (unpaired) electrons. The van der Waals surface area contributed by atoms with Crippen LogP contribution in [0.5, 0.6) is 5.75 Å². The highest BCUT2D eigenvalue weighted by atomic mass is 16.5. The van der Waals surface area contributed by atoms with Gasteiger partial charge in [0.05, 0.1) is 13.2 Å². The van der Waals surface area contributed by atoms with Crippen molar-refractivity contribution < 1.29 is 9.47 Å². The van der Waals surface area contributed by atoms with E-state index in [2.05, 4.69) is 307 Å². The Morgan fingerprint density at radius 2 is 0.852 bits per heavy atom. The largest absolute Gasteiger partial charge is 0.493 e. The van der Waals surface area contributed by atoms with Gasteiger partial charge < -0.3 is 9.47 Å². The average molecular weight is 1190 g/mol. The van der Waals surface area contributed by atoms with Crippen LogP contribution >= 0.6 is 0 Å². The summed E-state index contributed by atoms with van der Waals surface area (Å²) in [5.41, 5.74) is 16.7. The Bertz CT molecular complexity index is 2760. The lowest BCUT2D eigenvalue weighted by molar-refractivity contribution is 0.162. The van der Waals surface area contributed by atoms with Gasteiger partial charge in [-0.1, -0.05) is 292 Å². The molecule has 1 aliphatic carbocycles. The van der Waals surface area contributed by atoms with Gasteiger partial charge in [-0.15, -0.1) is 0 Å². The summed E-state index contributed by atoms with van der Waals surface area (Å²) >= 11 is 0. The van der Waals surface area contributed by atoms with Crippen molar-refractivity contribution in [3.8, 4) is 5.75 Å². The fraction of sp³-hybridized carbons (Fsp3) is 0.518. The zero-order valence-electron chi connectivity index (χ0n) is 59.8. The minimum Gasteiger partial charge on any atom is -0.493 e. The first-order valence-corrected chi connectivity index (χ1v) is 34.3. The van der Waals surface area contributed by atoms with Gasteiger partial charge in [0.2, 0.25) is 0 Å². The summed E-state index contributed by atoms with van der Waals surface area (Å²) in [7, 11) is 1.77. The summed E-state index contributed by atoms with van der Waals surface area (Å²) in [6.07, 6.45) is 8.97. The number of hydrogen-bond acceptors (Lipinski definition) is 3. The van der Waals surface area contributed by atoms with Gasteiger partial charge in [-0.2, -0.15) is 0 Å². The van der Waals surface area contributed by atoms with Crippen LogP contribution in [0.25, 0.3) is 0 Å². The highest BCUT2D eigenvalue weighted by molar-refractivity contribution is 5.37. The van der Waals surface area contributed by atoms with E-state index >= 15 is 0 Å². The molecule has 1 aliphatic heterocycles. The molecule has 1 unspecified atom stereocenters. The number of aryl methyl sites for hydroxylation is 5. The number of rotatable bonds is 14. The van der Waals surface area contributed by atoms with Crippen molar-refractivity contribution in [3.63, 3.8) is 0 Å². The highest BCUT2D eigenvalue weighted by Gasteiger charge is 2.23. The van der Waals surface area contributed by atoms with Crippen molar-refractivity contribution in [3.05, 3.63) is 237 Å². The number of benzene rings is 6. The van der Waals surface area contributed by atoms with Crippen LogP contribution in [-0.2, 0) is 17.6 Å². The molecular formula is C85H125NO2. The van der Waals surface area contributed by atoms with Crippen molar-refractivity contribution in [2.24, 2.45) is 41.4 Å². The van der Waals surface area contributed by atoms with Gasteiger partial charge in [0, 0.05) is 24.4 Å². The SMILES string of the molecule is CC(C)C1CCCOc2ccccc21.CC(C)[C@@H]1CCCCc2ccccc21.CC(C)[C@H](C)c1ccccc1.COC[C@H](c1ccc(C)cc1)C(C)C.Cc1ccc([C@@H](C)C(C)C)cc1.Cc1ccc([C@H](C)C(C)C)cc1.Cc1cccc(CC(C)C)n1. The molecule has 9 rings (SSSR count). The van der Waals surface area contributed by atoms with E-state index in [0.29, 0.717) is 47.3 Å². The highest BCUT2D eigenvalue weighted by Crippen LogP contribution is 2.38. The monoisotopic (exact) mass is 1190 g/mol. The molecule has 0 spiro atoms. The van der Waals surface area contributed by atoms with Crippen LogP contribution in [0.15, 0.2) is 170 Å². The lowest BCUT2D eigenvalue weighted by atomic mass is 9.84. The van der Waals surface area contributed by atoms with Crippen LogP contribution in [0, 0.1) is 69.1 Å². The van der Waals surface area contributed by atoms with Crippen molar-refractivity contribution in [2.75, 3.05) is 20.3 Å². The van der Waals surface area contributed by atoms with Gasteiger partial charge in [-0.05, 0) is 194 Å². The molecule has 482 valence electrons. The lowest BCUT2D eigenvalue weighted by Gasteiger charge is -2.21. The van der Waals surface area contributed by atoms with Crippen LogP contribution < -0.4 is 4.74 Å². The number of aromatic nitrogens is 1. The molecule has 88 heavy (non-hydrogen) atoms. The Kier molecular flexibility index (Phi) is 36.1. The second-order valence-electron chi connectivity index (χ2n) is 28.1. The van der Waals surface area contributed by atoms with Crippen molar-refractivity contribution in [2.45, 2.75) is 226 Å². The molecule has 3 nitrogen and oxygen atoms in total. The number of fused-ring (bicyclic) bond motifs is 2. The summed E-state index contributed by atoms with van der Waals surface area (Å²) in [5, 5.41) is 0. The zero-order chi connectivity index (χ0) is 65.3. The third-order valence-electron chi connectivity index (χ3n) is 18.3. The molecule has 7 aromatic rings. The number of methoxy groups -OCH3 is 1. The van der Waals surface area contributed by atoms with Gasteiger partial charge in [0.15, 0.2) is 0 Å². The smallest absolute Gasteiger partial charge is 0.122 e. The minimum absolute atomic E-state index is 0.514. The first-order chi connectivity index (χ1) is 41.8. The number of ether oxygens (including phenoxy) is 2. The summed E-state index contributed by atoms with van der Waals surface area (Å²) in [5.74, 6) is 10.1.